The number of nitrogens with one attached hydrogen (secondary N) is 1. The highest BCUT2D eigenvalue weighted by Gasteiger charge is 2.53. The van der Waals surface area contributed by atoms with Crippen molar-refractivity contribution < 1.29 is 18.8 Å². The highest BCUT2D eigenvalue weighted by molar-refractivity contribution is 6.09. The Morgan fingerprint density at radius 3 is 2.58 bits per heavy atom. The summed E-state index contributed by atoms with van der Waals surface area (Å²) in [4.78, 5) is 42.5. The molecule has 0 spiro atoms. The predicted molar refractivity (Wildman–Crippen MR) is 114 cm³/mol. The van der Waals surface area contributed by atoms with E-state index >= 15 is 0 Å². The van der Waals surface area contributed by atoms with Gasteiger partial charge in [0.25, 0.3) is 5.91 Å². The van der Waals surface area contributed by atoms with E-state index in [4.69, 9.17) is 0 Å². The Hall–Kier alpha value is -2.70. The highest BCUT2D eigenvalue weighted by Crippen LogP contribution is 2.36. The molecule has 2 fully saturated rings. The zero-order chi connectivity index (χ0) is 22.0. The van der Waals surface area contributed by atoms with Crippen LogP contribution in [-0.4, -0.2) is 40.2 Å². The Bertz CT molecular complexity index is 894. The summed E-state index contributed by atoms with van der Waals surface area (Å²) in [5.74, 6) is -1.04. The molecule has 1 aromatic rings. The van der Waals surface area contributed by atoms with Gasteiger partial charge in [-0.15, -0.1) is 0 Å². The number of hydrogen-bond acceptors (Lipinski definition) is 3. The number of unbranched alkanes of at least 4 members (excludes halogenated alkanes) is 1. The van der Waals surface area contributed by atoms with Crippen LogP contribution in [0.25, 0.3) is 0 Å². The van der Waals surface area contributed by atoms with E-state index in [1.807, 2.05) is 11.8 Å². The van der Waals surface area contributed by atoms with E-state index in [1.165, 1.54) is 24.3 Å². The number of allylic oxidation sites excluding steroid dienone is 2. The van der Waals surface area contributed by atoms with Gasteiger partial charge in [0.1, 0.15) is 17.9 Å². The molecule has 1 heterocycles. The summed E-state index contributed by atoms with van der Waals surface area (Å²) in [5.41, 5.74) is 0.321. The lowest BCUT2D eigenvalue weighted by Crippen LogP contribution is -2.46. The Labute approximate surface area is 182 Å². The molecule has 1 saturated heterocycles. The Morgan fingerprint density at radius 2 is 1.97 bits per heavy atom. The second-order valence-electron chi connectivity index (χ2n) is 8.77. The topological polar surface area (TPSA) is 69.7 Å². The number of rotatable bonds is 8. The quantitative estimate of drug-likeness (QED) is 0.632. The molecule has 7 heteroatoms. The van der Waals surface area contributed by atoms with Crippen molar-refractivity contribution in [1.82, 2.24) is 15.1 Å². The number of carbonyl (C=O) groups excluding carboxylic acids is 3. The first-order valence-corrected chi connectivity index (χ1v) is 11.4. The van der Waals surface area contributed by atoms with Crippen molar-refractivity contribution >= 4 is 17.8 Å². The predicted octanol–water partition coefficient (Wildman–Crippen LogP) is 4.21. The standard InChI is InChI=1S/C24H30FN3O3/c1-2-3-15-24(17-9-11-18(25)12-10-17)22(30)27(23(31)26-24)16-21(29)28(20-13-14-20)19-7-5-4-6-8-19/h7,9-12,20H,2-6,8,13-16H2,1H3,(H,26,31)/t24-/m1/s1. The summed E-state index contributed by atoms with van der Waals surface area (Å²) in [6.45, 7) is 1.74. The summed E-state index contributed by atoms with van der Waals surface area (Å²) < 4.78 is 13.5. The van der Waals surface area contributed by atoms with Crippen LogP contribution in [0.1, 0.15) is 70.3 Å². The van der Waals surface area contributed by atoms with Gasteiger partial charge in [0, 0.05) is 11.7 Å². The van der Waals surface area contributed by atoms with Crippen LogP contribution in [0.15, 0.2) is 36.0 Å². The monoisotopic (exact) mass is 427 g/mol. The molecule has 0 radical (unpaired) electrons. The van der Waals surface area contributed by atoms with Crippen molar-refractivity contribution in [1.29, 1.82) is 0 Å². The van der Waals surface area contributed by atoms with Crippen LogP contribution in [0.5, 0.6) is 0 Å². The third-order valence-electron chi connectivity index (χ3n) is 6.47. The maximum atomic E-state index is 13.5. The third-order valence-corrected chi connectivity index (χ3v) is 6.47. The number of urea groups is 1. The molecule has 0 unspecified atom stereocenters. The lowest BCUT2D eigenvalue weighted by Gasteiger charge is -2.30. The van der Waals surface area contributed by atoms with E-state index in [0.29, 0.717) is 18.4 Å². The summed E-state index contributed by atoms with van der Waals surface area (Å²) >= 11 is 0. The molecule has 1 N–H and O–H groups in total. The number of hydrogen-bond donors (Lipinski definition) is 1. The lowest BCUT2D eigenvalue weighted by molar-refractivity contribution is -0.138. The minimum absolute atomic E-state index is 0.180. The molecular weight excluding hydrogens is 397 g/mol. The fourth-order valence-electron chi connectivity index (χ4n) is 4.64. The van der Waals surface area contributed by atoms with Gasteiger partial charge in [0.15, 0.2) is 0 Å². The van der Waals surface area contributed by atoms with E-state index in [2.05, 4.69) is 11.4 Å². The van der Waals surface area contributed by atoms with Crippen molar-refractivity contribution in [3.8, 4) is 0 Å². The molecule has 1 aromatic carbocycles. The smallest absolute Gasteiger partial charge is 0.319 e. The average molecular weight is 428 g/mol. The molecule has 166 valence electrons. The van der Waals surface area contributed by atoms with Crippen LogP contribution in [0, 0.1) is 5.82 Å². The highest BCUT2D eigenvalue weighted by atomic mass is 19.1. The van der Waals surface area contributed by atoms with E-state index in [0.717, 1.165) is 55.5 Å². The first-order valence-electron chi connectivity index (χ1n) is 11.4. The number of benzene rings is 1. The van der Waals surface area contributed by atoms with Crippen molar-refractivity contribution in [2.75, 3.05) is 6.54 Å². The zero-order valence-electron chi connectivity index (χ0n) is 18.0. The average Bonchev–Trinajstić information content (AvgIpc) is 3.57. The Balaban J connectivity index is 1.58. The molecule has 1 atom stereocenters. The number of halogens is 1. The number of carbonyl (C=O) groups is 3. The molecule has 0 aromatic heterocycles. The molecule has 0 bridgehead atoms. The third kappa shape index (κ3) is 4.23. The molecule has 3 aliphatic rings. The van der Waals surface area contributed by atoms with Gasteiger partial charge in [-0.2, -0.15) is 0 Å². The van der Waals surface area contributed by atoms with Crippen molar-refractivity contribution in [3.05, 3.63) is 47.4 Å². The number of imide groups is 1. The molecular formula is C24H30FN3O3. The minimum Gasteiger partial charge on any atom is -0.319 e. The second kappa shape index (κ2) is 8.81. The van der Waals surface area contributed by atoms with Gasteiger partial charge >= 0.3 is 6.03 Å². The van der Waals surface area contributed by atoms with Gasteiger partial charge in [-0.25, -0.2) is 9.18 Å². The van der Waals surface area contributed by atoms with Crippen LogP contribution >= 0.6 is 0 Å². The van der Waals surface area contributed by atoms with Crippen LogP contribution in [0.3, 0.4) is 0 Å². The zero-order valence-corrected chi connectivity index (χ0v) is 18.0. The molecule has 4 rings (SSSR count). The summed E-state index contributed by atoms with van der Waals surface area (Å²) in [5, 5.41) is 2.84. The molecule has 31 heavy (non-hydrogen) atoms. The van der Waals surface area contributed by atoms with E-state index in [9.17, 15) is 18.8 Å². The van der Waals surface area contributed by atoms with Gasteiger partial charge < -0.3 is 10.2 Å². The normalized spacial score (nSPS) is 23.5. The van der Waals surface area contributed by atoms with Crippen LogP contribution < -0.4 is 5.32 Å². The molecule has 1 saturated carbocycles. The summed E-state index contributed by atoms with van der Waals surface area (Å²) in [6, 6.07) is 5.28. The first kappa shape index (κ1) is 21.5. The lowest BCUT2D eigenvalue weighted by atomic mass is 9.85. The summed E-state index contributed by atoms with van der Waals surface area (Å²) in [7, 11) is 0. The minimum atomic E-state index is -1.25. The SMILES string of the molecule is CCCC[C@]1(c2ccc(F)cc2)NC(=O)N(CC(=O)N(C2=CCCCC2)C2CC2)C1=O. The van der Waals surface area contributed by atoms with Crippen molar-refractivity contribution in [2.24, 2.45) is 0 Å². The van der Waals surface area contributed by atoms with E-state index < -0.39 is 23.3 Å². The second-order valence-corrected chi connectivity index (χ2v) is 8.77. The van der Waals surface area contributed by atoms with Gasteiger partial charge in [-0.05, 0) is 62.6 Å². The fraction of sp³-hybridized carbons (Fsp3) is 0.542. The van der Waals surface area contributed by atoms with E-state index in [1.54, 1.807) is 0 Å². The number of amides is 4. The maximum absolute atomic E-state index is 13.5. The van der Waals surface area contributed by atoms with Crippen molar-refractivity contribution in [2.45, 2.75) is 76.3 Å². The fourth-order valence-corrected chi connectivity index (χ4v) is 4.64. The van der Waals surface area contributed by atoms with Crippen LogP contribution in [-0.2, 0) is 15.1 Å². The summed E-state index contributed by atoms with van der Waals surface area (Å²) in [6.07, 6.45) is 9.99. The molecule has 6 nitrogen and oxygen atoms in total. The van der Waals surface area contributed by atoms with Crippen LogP contribution in [0.2, 0.25) is 0 Å². The van der Waals surface area contributed by atoms with Gasteiger partial charge in [0.2, 0.25) is 5.91 Å². The largest absolute Gasteiger partial charge is 0.325 e. The van der Waals surface area contributed by atoms with Crippen LogP contribution in [0.4, 0.5) is 9.18 Å². The molecule has 1 aliphatic heterocycles. The van der Waals surface area contributed by atoms with Gasteiger partial charge in [-0.1, -0.05) is 38.0 Å². The Kier molecular flexibility index (Phi) is 6.12. The molecule has 4 amide bonds. The van der Waals surface area contributed by atoms with Gasteiger partial charge in [-0.3, -0.25) is 14.5 Å². The number of nitrogens with zero attached hydrogens (tertiary/aromatic N) is 2. The van der Waals surface area contributed by atoms with Crippen molar-refractivity contribution in [3.63, 3.8) is 0 Å². The first-order chi connectivity index (χ1) is 15.0. The maximum Gasteiger partial charge on any atom is 0.325 e. The Morgan fingerprint density at radius 1 is 1.23 bits per heavy atom. The molecule has 2 aliphatic carbocycles. The van der Waals surface area contributed by atoms with Gasteiger partial charge in [0.05, 0.1) is 0 Å². The van der Waals surface area contributed by atoms with E-state index in [-0.39, 0.29) is 18.5 Å².